The van der Waals surface area contributed by atoms with Gasteiger partial charge in [-0.2, -0.15) is 0 Å². The number of terminal acetylenes is 1. The Kier molecular flexibility index (Phi) is 4.97. The largest absolute Gasteiger partial charge is 0.462 e. The molecule has 0 unspecified atom stereocenters. The van der Waals surface area contributed by atoms with E-state index >= 15 is 0 Å². The lowest BCUT2D eigenvalue weighted by molar-refractivity contribution is -0.138. The third-order valence-electron chi connectivity index (χ3n) is 2.70. The number of carbonyl (C=O) groups is 1. The average molecular weight is 206 g/mol. The van der Waals surface area contributed by atoms with E-state index in [0.29, 0.717) is 18.1 Å². The first-order valence-electron chi connectivity index (χ1n) is 5.63. The van der Waals surface area contributed by atoms with E-state index in [0.717, 1.165) is 12.8 Å². The average Bonchev–Trinajstić information content (AvgIpc) is 2.27. The minimum absolute atomic E-state index is 0.356. The third kappa shape index (κ3) is 3.79. The molecule has 1 fully saturated rings. The second-order valence-corrected chi connectivity index (χ2v) is 3.84. The predicted octanol–water partition coefficient (Wildman–Crippen LogP) is 2.69. The maximum absolute atomic E-state index is 11.4. The van der Waals surface area contributed by atoms with E-state index in [9.17, 15) is 4.79 Å². The second-order valence-electron chi connectivity index (χ2n) is 3.84. The van der Waals surface area contributed by atoms with Crippen molar-refractivity contribution in [3.05, 3.63) is 11.6 Å². The molecule has 0 aliphatic heterocycles. The molecule has 0 amide bonds. The van der Waals surface area contributed by atoms with Crippen molar-refractivity contribution in [1.82, 2.24) is 0 Å². The standard InChI is InChI=1S/C13H18O2/c1-3-12(13(14)15-4-2)10-11-8-6-5-7-9-11/h1,10-11H,4-9H2,2H3/b12-10+. The van der Waals surface area contributed by atoms with Crippen LogP contribution in [0.3, 0.4) is 0 Å². The molecule has 0 N–H and O–H groups in total. The van der Waals surface area contributed by atoms with Crippen molar-refractivity contribution < 1.29 is 9.53 Å². The van der Waals surface area contributed by atoms with Crippen LogP contribution in [-0.4, -0.2) is 12.6 Å². The Balaban J connectivity index is 2.60. The van der Waals surface area contributed by atoms with E-state index in [4.69, 9.17) is 11.2 Å². The summed E-state index contributed by atoms with van der Waals surface area (Å²) in [5.41, 5.74) is 0.392. The fourth-order valence-electron chi connectivity index (χ4n) is 1.92. The monoisotopic (exact) mass is 206 g/mol. The van der Waals surface area contributed by atoms with E-state index in [1.54, 1.807) is 6.92 Å². The summed E-state index contributed by atoms with van der Waals surface area (Å²) in [6.45, 7) is 2.16. The first kappa shape index (κ1) is 11.8. The molecular formula is C13H18O2. The van der Waals surface area contributed by atoms with Crippen molar-refractivity contribution in [2.75, 3.05) is 6.61 Å². The van der Waals surface area contributed by atoms with Gasteiger partial charge in [-0.1, -0.05) is 31.3 Å². The Labute approximate surface area is 91.7 Å². The number of carbonyl (C=O) groups excluding carboxylic acids is 1. The van der Waals surface area contributed by atoms with Crippen molar-refractivity contribution in [1.29, 1.82) is 0 Å². The molecule has 0 saturated heterocycles. The Bertz CT molecular complexity index is 277. The third-order valence-corrected chi connectivity index (χ3v) is 2.70. The molecular weight excluding hydrogens is 188 g/mol. The molecule has 1 aliphatic rings. The van der Waals surface area contributed by atoms with E-state index in [2.05, 4.69) is 5.92 Å². The molecule has 82 valence electrons. The summed E-state index contributed by atoms with van der Waals surface area (Å²) < 4.78 is 4.89. The van der Waals surface area contributed by atoms with Crippen LogP contribution in [0.15, 0.2) is 11.6 Å². The number of ether oxygens (including phenoxy) is 1. The summed E-state index contributed by atoms with van der Waals surface area (Å²) in [6.07, 6.45) is 13.3. The van der Waals surface area contributed by atoms with Gasteiger partial charge in [-0.25, -0.2) is 4.79 Å². The molecule has 1 aliphatic carbocycles. The second kappa shape index (κ2) is 6.29. The molecule has 0 bridgehead atoms. The minimum Gasteiger partial charge on any atom is -0.462 e. The molecule has 15 heavy (non-hydrogen) atoms. The van der Waals surface area contributed by atoms with Gasteiger partial charge in [-0.05, 0) is 25.7 Å². The highest BCUT2D eigenvalue weighted by Gasteiger charge is 2.14. The first-order valence-corrected chi connectivity index (χ1v) is 5.63. The zero-order chi connectivity index (χ0) is 11.1. The molecule has 2 nitrogen and oxygen atoms in total. The number of esters is 1. The van der Waals surface area contributed by atoms with Crippen molar-refractivity contribution >= 4 is 5.97 Å². The molecule has 0 heterocycles. The van der Waals surface area contributed by atoms with Gasteiger partial charge in [0.25, 0.3) is 0 Å². The molecule has 1 saturated carbocycles. The lowest BCUT2D eigenvalue weighted by Gasteiger charge is -2.18. The van der Waals surface area contributed by atoms with Crippen LogP contribution in [0.4, 0.5) is 0 Å². The zero-order valence-electron chi connectivity index (χ0n) is 9.29. The fraction of sp³-hybridized carbons (Fsp3) is 0.615. The van der Waals surface area contributed by atoms with E-state index in [1.165, 1.54) is 19.3 Å². The van der Waals surface area contributed by atoms with Crippen LogP contribution in [0, 0.1) is 18.3 Å². The summed E-state index contributed by atoms with van der Waals surface area (Å²) in [7, 11) is 0. The number of rotatable bonds is 3. The summed E-state index contributed by atoms with van der Waals surface area (Å²) in [5.74, 6) is 2.53. The molecule has 0 atom stereocenters. The van der Waals surface area contributed by atoms with Crippen LogP contribution in [0.25, 0.3) is 0 Å². The van der Waals surface area contributed by atoms with Crippen LogP contribution < -0.4 is 0 Å². The summed E-state index contributed by atoms with van der Waals surface area (Å²) in [6, 6.07) is 0. The summed E-state index contributed by atoms with van der Waals surface area (Å²) >= 11 is 0. The predicted molar refractivity (Wildman–Crippen MR) is 60.1 cm³/mol. The van der Waals surface area contributed by atoms with Crippen molar-refractivity contribution in [2.45, 2.75) is 39.0 Å². The van der Waals surface area contributed by atoms with Gasteiger partial charge >= 0.3 is 5.97 Å². The normalized spacial score (nSPS) is 18.3. The highest BCUT2D eigenvalue weighted by Crippen LogP contribution is 2.25. The van der Waals surface area contributed by atoms with Crippen molar-refractivity contribution in [2.24, 2.45) is 5.92 Å². The van der Waals surface area contributed by atoms with Gasteiger partial charge in [-0.3, -0.25) is 0 Å². The lowest BCUT2D eigenvalue weighted by atomic mass is 9.88. The number of allylic oxidation sites excluding steroid dienone is 1. The summed E-state index contributed by atoms with van der Waals surface area (Å²) in [5, 5.41) is 0. The van der Waals surface area contributed by atoms with Gasteiger partial charge in [0.1, 0.15) is 5.57 Å². The van der Waals surface area contributed by atoms with Gasteiger partial charge in [0.05, 0.1) is 6.61 Å². The van der Waals surface area contributed by atoms with E-state index in [-0.39, 0.29) is 5.97 Å². The Morgan fingerprint density at radius 3 is 2.67 bits per heavy atom. The van der Waals surface area contributed by atoms with Gasteiger partial charge in [-0.15, -0.1) is 6.42 Å². The SMILES string of the molecule is C#C/C(=C\C1CCCCC1)C(=O)OCC. The van der Waals surface area contributed by atoms with Crippen LogP contribution in [0.1, 0.15) is 39.0 Å². The van der Waals surface area contributed by atoms with Gasteiger partial charge in [0.15, 0.2) is 0 Å². The topological polar surface area (TPSA) is 26.3 Å². The van der Waals surface area contributed by atoms with Crippen molar-refractivity contribution in [3.63, 3.8) is 0 Å². The maximum Gasteiger partial charge on any atom is 0.346 e. The van der Waals surface area contributed by atoms with Gasteiger partial charge < -0.3 is 4.74 Å². The van der Waals surface area contributed by atoms with Gasteiger partial charge in [0, 0.05) is 0 Å². The molecule has 1 rings (SSSR count). The van der Waals surface area contributed by atoms with Gasteiger partial charge in [0.2, 0.25) is 0 Å². The first-order chi connectivity index (χ1) is 7.27. The maximum atomic E-state index is 11.4. The van der Waals surface area contributed by atoms with Crippen LogP contribution in [0.5, 0.6) is 0 Å². The molecule has 2 heteroatoms. The zero-order valence-corrected chi connectivity index (χ0v) is 9.29. The molecule has 0 radical (unpaired) electrons. The van der Waals surface area contributed by atoms with Crippen molar-refractivity contribution in [3.8, 4) is 12.3 Å². The fourth-order valence-corrected chi connectivity index (χ4v) is 1.92. The van der Waals surface area contributed by atoms with Crippen LogP contribution >= 0.6 is 0 Å². The summed E-state index contributed by atoms with van der Waals surface area (Å²) in [4.78, 5) is 11.4. The minimum atomic E-state index is -0.356. The Morgan fingerprint density at radius 2 is 2.13 bits per heavy atom. The molecule has 0 aromatic heterocycles. The molecule has 0 aromatic rings. The van der Waals surface area contributed by atoms with E-state index in [1.807, 2.05) is 6.08 Å². The highest BCUT2D eigenvalue weighted by molar-refractivity contribution is 5.93. The Hall–Kier alpha value is -1.23. The number of hydrogen-bond acceptors (Lipinski definition) is 2. The van der Waals surface area contributed by atoms with Crippen LogP contribution in [-0.2, 0) is 9.53 Å². The smallest absolute Gasteiger partial charge is 0.346 e. The molecule has 0 spiro atoms. The van der Waals surface area contributed by atoms with E-state index < -0.39 is 0 Å². The highest BCUT2D eigenvalue weighted by atomic mass is 16.5. The Morgan fingerprint density at radius 1 is 1.47 bits per heavy atom. The van der Waals surface area contributed by atoms with Crippen LogP contribution in [0.2, 0.25) is 0 Å². The number of hydrogen-bond donors (Lipinski definition) is 0. The molecule has 0 aromatic carbocycles. The quantitative estimate of drug-likeness (QED) is 0.403. The lowest BCUT2D eigenvalue weighted by Crippen LogP contribution is -2.10.